The third kappa shape index (κ3) is 4.56. The normalized spacial score (nSPS) is 17.9. The minimum Gasteiger partial charge on any atom is -0.339 e. The number of fused-ring (bicyclic) bond motifs is 1. The number of hydrogen-bond donors (Lipinski definition) is 0. The number of amides is 1. The summed E-state index contributed by atoms with van der Waals surface area (Å²) in [6, 6.07) is 11.8. The second-order valence-electron chi connectivity index (χ2n) is 7.95. The molecule has 0 unspecified atom stereocenters. The van der Waals surface area contributed by atoms with Gasteiger partial charge < -0.3 is 4.90 Å². The van der Waals surface area contributed by atoms with E-state index < -0.39 is 0 Å². The summed E-state index contributed by atoms with van der Waals surface area (Å²) in [5, 5.41) is 0. The first-order chi connectivity index (χ1) is 13.3. The van der Waals surface area contributed by atoms with Gasteiger partial charge in [-0.1, -0.05) is 31.0 Å². The maximum atomic E-state index is 12.5. The highest BCUT2D eigenvalue weighted by atomic mass is 16.2. The highest BCUT2D eigenvalue weighted by Gasteiger charge is 2.23. The second-order valence-corrected chi connectivity index (χ2v) is 7.95. The molecule has 4 rings (SSSR count). The van der Waals surface area contributed by atoms with Crippen LogP contribution in [-0.2, 0) is 13.1 Å². The Hall–Kier alpha value is -2.20. The standard InChI is InChI=1S/C23H29N3O/c27-23(20-7-2-1-3-8-20)26-14-10-19(11-15-26)6-4-5-13-25-17-21-9-12-24-16-22(21)18-25/h1-3,7-9,12,16,19H,4-6,10-11,13-15,17-18H2. The third-order valence-electron chi connectivity index (χ3n) is 6.05. The lowest BCUT2D eigenvalue weighted by Gasteiger charge is -2.32. The molecule has 27 heavy (non-hydrogen) atoms. The number of carbonyl (C=O) groups excluding carboxylic acids is 1. The molecule has 1 amide bonds. The maximum absolute atomic E-state index is 12.5. The zero-order valence-electron chi connectivity index (χ0n) is 16.0. The summed E-state index contributed by atoms with van der Waals surface area (Å²) < 4.78 is 0. The van der Waals surface area contributed by atoms with Gasteiger partial charge in [0.25, 0.3) is 5.91 Å². The molecule has 0 N–H and O–H groups in total. The van der Waals surface area contributed by atoms with Crippen molar-refractivity contribution in [1.29, 1.82) is 0 Å². The summed E-state index contributed by atoms with van der Waals surface area (Å²) in [4.78, 5) is 21.3. The molecule has 2 aliphatic rings. The molecule has 2 aromatic rings. The van der Waals surface area contributed by atoms with E-state index in [1.165, 1.54) is 36.9 Å². The molecular formula is C23H29N3O. The Kier molecular flexibility index (Phi) is 5.83. The van der Waals surface area contributed by atoms with Gasteiger partial charge in [-0.25, -0.2) is 0 Å². The zero-order chi connectivity index (χ0) is 18.5. The van der Waals surface area contributed by atoms with Gasteiger partial charge in [0.1, 0.15) is 0 Å². The van der Waals surface area contributed by atoms with E-state index in [0.29, 0.717) is 0 Å². The first-order valence-corrected chi connectivity index (χ1v) is 10.3. The molecule has 1 saturated heterocycles. The van der Waals surface area contributed by atoms with E-state index in [9.17, 15) is 4.79 Å². The Bertz CT molecular complexity index is 728. The lowest BCUT2D eigenvalue weighted by atomic mass is 9.91. The summed E-state index contributed by atoms with van der Waals surface area (Å²) in [6.45, 7) is 5.14. The predicted octanol–water partition coefficient (Wildman–Crippen LogP) is 4.12. The highest BCUT2D eigenvalue weighted by Crippen LogP contribution is 2.25. The Morgan fingerprint density at radius 3 is 2.56 bits per heavy atom. The number of aromatic nitrogens is 1. The van der Waals surface area contributed by atoms with Crippen LogP contribution in [0.15, 0.2) is 48.8 Å². The predicted molar refractivity (Wildman–Crippen MR) is 107 cm³/mol. The van der Waals surface area contributed by atoms with Crippen LogP contribution in [0.4, 0.5) is 0 Å². The summed E-state index contributed by atoms with van der Waals surface area (Å²) in [5.74, 6) is 0.974. The van der Waals surface area contributed by atoms with Crippen molar-refractivity contribution < 1.29 is 4.79 Å². The third-order valence-corrected chi connectivity index (χ3v) is 6.05. The van der Waals surface area contributed by atoms with Gasteiger partial charge in [0.15, 0.2) is 0 Å². The molecule has 3 heterocycles. The van der Waals surface area contributed by atoms with Gasteiger partial charge in [0.2, 0.25) is 0 Å². The molecule has 4 heteroatoms. The number of rotatable bonds is 6. The maximum Gasteiger partial charge on any atom is 0.253 e. The van der Waals surface area contributed by atoms with Crippen LogP contribution in [0.2, 0.25) is 0 Å². The van der Waals surface area contributed by atoms with Gasteiger partial charge in [-0.3, -0.25) is 14.7 Å². The first kappa shape index (κ1) is 18.2. The van der Waals surface area contributed by atoms with E-state index in [1.807, 2.05) is 47.6 Å². The molecule has 0 bridgehead atoms. The number of pyridine rings is 1. The number of benzene rings is 1. The average Bonchev–Trinajstić information content (AvgIpc) is 3.15. The van der Waals surface area contributed by atoms with Crippen molar-refractivity contribution in [1.82, 2.24) is 14.8 Å². The van der Waals surface area contributed by atoms with Crippen LogP contribution in [0.5, 0.6) is 0 Å². The van der Waals surface area contributed by atoms with Gasteiger partial charge in [0.05, 0.1) is 0 Å². The number of piperidine rings is 1. The smallest absolute Gasteiger partial charge is 0.253 e. The van der Waals surface area contributed by atoms with E-state index in [2.05, 4.69) is 16.0 Å². The molecule has 1 aromatic heterocycles. The van der Waals surface area contributed by atoms with E-state index in [4.69, 9.17) is 0 Å². The molecule has 0 spiro atoms. The number of likely N-dealkylation sites (tertiary alicyclic amines) is 1. The van der Waals surface area contributed by atoms with Crippen LogP contribution in [0, 0.1) is 5.92 Å². The fraction of sp³-hybridized carbons (Fsp3) is 0.478. The average molecular weight is 364 g/mol. The Balaban J connectivity index is 1.13. The van der Waals surface area contributed by atoms with Crippen molar-refractivity contribution in [3.63, 3.8) is 0 Å². The number of hydrogen-bond acceptors (Lipinski definition) is 3. The highest BCUT2D eigenvalue weighted by molar-refractivity contribution is 5.94. The zero-order valence-corrected chi connectivity index (χ0v) is 16.0. The summed E-state index contributed by atoms with van der Waals surface area (Å²) >= 11 is 0. The first-order valence-electron chi connectivity index (χ1n) is 10.3. The van der Waals surface area contributed by atoms with Crippen LogP contribution in [0.3, 0.4) is 0 Å². The molecular weight excluding hydrogens is 334 g/mol. The van der Waals surface area contributed by atoms with Crippen LogP contribution in [0.1, 0.15) is 53.6 Å². The van der Waals surface area contributed by atoms with Crippen molar-refractivity contribution in [2.75, 3.05) is 19.6 Å². The molecule has 0 saturated carbocycles. The van der Waals surface area contributed by atoms with E-state index in [1.54, 1.807) is 0 Å². The van der Waals surface area contributed by atoms with Crippen LogP contribution in [0.25, 0.3) is 0 Å². The Morgan fingerprint density at radius 1 is 1.00 bits per heavy atom. The van der Waals surface area contributed by atoms with Crippen molar-refractivity contribution >= 4 is 5.91 Å². The molecule has 142 valence electrons. The SMILES string of the molecule is O=C(c1ccccc1)N1CCC(CCCCN2Cc3ccncc3C2)CC1. The minimum atomic E-state index is 0.192. The summed E-state index contributed by atoms with van der Waals surface area (Å²) in [7, 11) is 0. The van der Waals surface area contributed by atoms with Crippen molar-refractivity contribution in [2.24, 2.45) is 5.92 Å². The lowest BCUT2D eigenvalue weighted by molar-refractivity contribution is 0.0685. The van der Waals surface area contributed by atoms with E-state index >= 15 is 0 Å². The molecule has 0 radical (unpaired) electrons. The van der Waals surface area contributed by atoms with Gasteiger partial charge in [-0.15, -0.1) is 0 Å². The largest absolute Gasteiger partial charge is 0.339 e. The van der Waals surface area contributed by atoms with Crippen LogP contribution < -0.4 is 0 Å². The van der Waals surface area contributed by atoms with Crippen molar-refractivity contribution in [3.8, 4) is 0 Å². The van der Waals surface area contributed by atoms with Gasteiger partial charge in [-0.05, 0) is 61.1 Å². The molecule has 1 fully saturated rings. The topological polar surface area (TPSA) is 36.4 Å². The van der Waals surface area contributed by atoms with Gasteiger partial charge in [-0.2, -0.15) is 0 Å². The monoisotopic (exact) mass is 363 g/mol. The Labute approximate surface area is 162 Å². The molecule has 4 nitrogen and oxygen atoms in total. The lowest BCUT2D eigenvalue weighted by Crippen LogP contribution is -2.38. The number of carbonyl (C=O) groups is 1. The second kappa shape index (κ2) is 8.66. The van der Waals surface area contributed by atoms with Gasteiger partial charge in [0, 0.05) is 44.1 Å². The summed E-state index contributed by atoms with van der Waals surface area (Å²) in [6.07, 6.45) is 10.1. The molecule has 0 aliphatic carbocycles. The fourth-order valence-electron chi connectivity index (χ4n) is 4.40. The number of unbranched alkanes of at least 4 members (excludes halogenated alkanes) is 1. The van der Waals surface area contributed by atoms with Crippen molar-refractivity contribution in [2.45, 2.75) is 45.2 Å². The minimum absolute atomic E-state index is 0.192. The molecule has 2 aliphatic heterocycles. The molecule has 0 atom stereocenters. The van der Waals surface area contributed by atoms with Crippen LogP contribution >= 0.6 is 0 Å². The summed E-state index contributed by atoms with van der Waals surface area (Å²) in [5.41, 5.74) is 3.66. The quantitative estimate of drug-likeness (QED) is 0.725. The van der Waals surface area contributed by atoms with E-state index in [0.717, 1.165) is 50.5 Å². The van der Waals surface area contributed by atoms with Crippen molar-refractivity contribution in [3.05, 3.63) is 65.5 Å². The van der Waals surface area contributed by atoms with Crippen LogP contribution in [-0.4, -0.2) is 40.3 Å². The van der Waals surface area contributed by atoms with E-state index in [-0.39, 0.29) is 5.91 Å². The number of nitrogens with zero attached hydrogens (tertiary/aromatic N) is 3. The fourth-order valence-corrected chi connectivity index (χ4v) is 4.40. The van der Waals surface area contributed by atoms with Gasteiger partial charge >= 0.3 is 0 Å². The molecule has 1 aromatic carbocycles. The Morgan fingerprint density at radius 2 is 1.78 bits per heavy atom.